The number of hydrogen-bond acceptors (Lipinski definition) is 4. The molecule has 1 fully saturated rings. The molecule has 2 heterocycles. The first kappa shape index (κ1) is 11.6. The van der Waals surface area contributed by atoms with Crippen LogP contribution in [0.1, 0.15) is 5.82 Å². The molecule has 0 spiro atoms. The maximum Gasteiger partial charge on any atom is 0.238 e. The zero-order valence-electron chi connectivity index (χ0n) is 9.32. The molecule has 7 heteroatoms. The van der Waals surface area contributed by atoms with Gasteiger partial charge in [-0.2, -0.15) is 0 Å². The van der Waals surface area contributed by atoms with Crippen molar-refractivity contribution in [3.8, 4) is 0 Å². The average Bonchev–Trinajstić information content (AvgIpc) is 2.83. The average molecular weight is 237 g/mol. The van der Waals surface area contributed by atoms with Crippen molar-refractivity contribution in [2.75, 3.05) is 19.6 Å². The number of nitrogens with one attached hydrogen (secondary N) is 4. The van der Waals surface area contributed by atoms with E-state index in [9.17, 15) is 9.59 Å². The van der Waals surface area contributed by atoms with Crippen molar-refractivity contribution in [2.24, 2.45) is 0 Å². The van der Waals surface area contributed by atoms with Crippen LogP contribution in [0.15, 0.2) is 12.4 Å². The third kappa shape index (κ3) is 3.28. The van der Waals surface area contributed by atoms with Gasteiger partial charge in [0.2, 0.25) is 11.8 Å². The van der Waals surface area contributed by atoms with Crippen LogP contribution in [0.25, 0.3) is 0 Å². The highest BCUT2D eigenvalue weighted by Gasteiger charge is 2.23. The molecule has 1 unspecified atom stereocenters. The van der Waals surface area contributed by atoms with Crippen LogP contribution in [-0.2, 0) is 16.0 Å². The van der Waals surface area contributed by atoms with Crippen LogP contribution >= 0.6 is 0 Å². The Morgan fingerprint density at radius 3 is 3.12 bits per heavy atom. The maximum absolute atomic E-state index is 11.7. The Labute approximate surface area is 98.4 Å². The number of nitrogens with zero attached hydrogens (tertiary/aromatic N) is 1. The Morgan fingerprint density at radius 1 is 1.59 bits per heavy atom. The molecule has 17 heavy (non-hydrogen) atoms. The van der Waals surface area contributed by atoms with Gasteiger partial charge in [0.1, 0.15) is 11.9 Å². The number of H-pyrrole nitrogens is 1. The standard InChI is InChI=1S/C10H15N5O2/c16-9-6-14-7(5-15-9)10(17)13-2-1-8-11-3-4-12-8/h3-4,7,14H,1-2,5-6H2,(H,11,12)(H,13,17)(H,15,16). The van der Waals surface area contributed by atoms with Crippen LogP contribution in [0, 0.1) is 0 Å². The lowest BCUT2D eigenvalue weighted by Gasteiger charge is -2.23. The van der Waals surface area contributed by atoms with Crippen molar-refractivity contribution in [1.29, 1.82) is 0 Å². The summed E-state index contributed by atoms with van der Waals surface area (Å²) in [6.45, 7) is 1.06. The normalized spacial score (nSPS) is 19.8. The minimum atomic E-state index is -0.343. The first-order chi connectivity index (χ1) is 8.25. The van der Waals surface area contributed by atoms with Gasteiger partial charge >= 0.3 is 0 Å². The lowest BCUT2D eigenvalue weighted by Crippen LogP contribution is -2.58. The number of amides is 2. The molecule has 1 atom stereocenters. The molecule has 1 saturated heterocycles. The number of carbonyl (C=O) groups is 2. The molecule has 2 amide bonds. The van der Waals surface area contributed by atoms with E-state index in [0.29, 0.717) is 19.5 Å². The van der Waals surface area contributed by atoms with Gasteiger partial charge in [0.05, 0.1) is 6.54 Å². The van der Waals surface area contributed by atoms with E-state index in [4.69, 9.17) is 0 Å². The highest BCUT2D eigenvalue weighted by Crippen LogP contribution is 1.91. The highest BCUT2D eigenvalue weighted by molar-refractivity contribution is 5.86. The molecule has 1 aliphatic rings. The third-order valence-corrected chi connectivity index (χ3v) is 2.54. The van der Waals surface area contributed by atoms with Crippen LogP contribution in [0.5, 0.6) is 0 Å². The third-order valence-electron chi connectivity index (χ3n) is 2.54. The van der Waals surface area contributed by atoms with E-state index in [2.05, 4.69) is 25.9 Å². The van der Waals surface area contributed by atoms with Crippen LogP contribution in [0.2, 0.25) is 0 Å². The molecule has 0 bridgehead atoms. The van der Waals surface area contributed by atoms with Crippen molar-refractivity contribution in [3.05, 3.63) is 18.2 Å². The number of hydrogen-bond donors (Lipinski definition) is 4. The smallest absolute Gasteiger partial charge is 0.238 e. The second-order valence-electron chi connectivity index (χ2n) is 3.81. The predicted molar refractivity (Wildman–Crippen MR) is 60.1 cm³/mol. The molecule has 1 aromatic heterocycles. The van der Waals surface area contributed by atoms with Crippen LogP contribution in [0.3, 0.4) is 0 Å². The number of aromatic amines is 1. The van der Waals surface area contributed by atoms with E-state index < -0.39 is 0 Å². The first-order valence-electron chi connectivity index (χ1n) is 5.52. The number of piperazine rings is 1. The highest BCUT2D eigenvalue weighted by atomic mass is 16.2. The van der Waals surface area contributed by atoms with E-state index >= 15 is 0 Å². The van der Waals surface area contributed by atoms with E-state index in [1.165, 1.54) is 0 Å². The van der Waals surface area contributed by atoms with Crippen LogP contribution in [0.4, 0.5) is 0 Å². The first-order valence-corrected chi connectivity index (χ1v) is 5.52. The molecule has 4 N–H and O–H groups in total. The molecule has 0 radical (unpaired) electrons. The minimum Gasteiger partial charge on any atom is -0.354 e. The quantitative estimate of drug-likeness (QED) is 0.494. The van der Waals surface area contributed by atoms with Gasteiger partial charge in [0, 0.05) is 31.9 Å². The minimum absolute atomic E-state index is 0.0790. The summed E-state index contributed by atoms with van der Waals surface area (Å²) >= 11 is 0. The van der Waals surface area contributed by atoms with Crippen molar-refractivity contribution in [1.82, 2.24) is 25.9 Å². The Balaban J connectivity index is 1.68. The topological polar surface area (TPSA) is 98.9 Å². The number of aromatic nitrogens is 2. The molecule has 0 aromatic carbocycles. The molecule has 1 aromatic rings. The van der Waals surface area contributed by atoms with E-state index in [1.807, 2.05) is 0 Å². The van der Waals surface area contributed by atoms with Gasteiger partial charge in [-0.05, 0) is 0 Å². The summed E-state index contributed by atoms with van der Waals surface area (Å²) in [4.78, 5) is 29.6. The molecule has 0 aliphatic carbocycles. The number of carbonyl (C=O) groups excluding carboxylic acids is 2. The summed E-state index contributed by atoms with van der Waals surface area (Å²) in [5, 5.41) is 8.29. The summed E-state index contributed by atoms with van der Waals surface area (Å²) in [7, 11) is 0. The van der Waals surface area contributed by atoms with Gasteiger partial charge in [-0.25, -0.2) is 4.98 Å². The number of imidazole rings is 1. The van der Waals surface area contributed by atoms with Gasteiger partial charge in [0.15, 0.2) is 0 Å². The fourth-order valence-electron chi connectivity index (χ4n) is 1.61. The molecule has 2 rings (SSSR count). The molecule has 1 aliphatic heterocycles. The fraction of sp³-hybridized carbons (Fsp3) is 0.500. The molecular formula is C10H15N5O2. The molecular weight excluding hydrogens is 222 g/mol. The van der Waals surface area contributed by atoms with Crippen molar-refractivity contribution < 1.29 is 9.59 Å². The van der Waals surface area contributed by atoms with Crippen molar-refractivity contribution in [3.63, 3.8) is 0 Å². The summed E-state index contributed by atoms with van der Waals surface area (Å²) in [5.74, 6) is 0.663. The van der Waals surface area contributed by atoms with Gasteiger partial charge in [-0.3, -0.25) is 14.9 Å². The van der Waals surface area contributed by atoms with Gasteiger partial charge in [-0.1, -0.05) is 0 Å². The Bertz CT molecular complexity index is 379. The lowest BCUT2D eigenvalue weighted by atomic mass is 10.2. The lowest BCUT2D eigenvalue weighted by molar-refractivity contribution is -0.126. The van der Waals surface area contributed by atoms with Gasteiger partial charge < -0.3 is 15.6 Å². The zero-order chi connectivity index (χ0) is 12.1. The SMILES string of the molecule is O=C1CNC(C(=O)NCCc2ncc[nH]2)CN1. The maximum atomic E-state index is 11.7. The largest absolute Gasteiger partial charge is 0.354 e. The van der Waals surface area contributed by atoms with Gasteiger partial charge in [0.25, 0.3) is 0 Å². The number of rotatable bonds is 4. The van der Waals surface area contributed by atoms with Crippen molar-refractivity contribution >= 4 is 11.8 Å². The Kier molecular flexibility index (Phi) is 3.71. The monoisotopic (exact) mass is 237 g/mol. The molecule has 92 valence electrons. The van der Waals surface area contributed by atoms with Crippen LogP contribution < -0.4 is 16.0 Å². The van der Waals surface area contributed by atoms with E-state index in [0.717, 1.165) is 5.82 Å². The van der Waals surface area contributed by atoms with Crippen LogP contribution in [-0.4, -0.2) is 47.5 Å². The van der Waals surface area contributed by atoms with E-state index in [1.54, 1.807) is 12.4 Å². The summed E-state index contributed by atoms with van der Waals surface area (Å²) in [6.07, 6.45) is 4.09. The second kappa shape index (κ2) is 5.44. The predicted octanol–water partition coefficient (Wildman–Crippen LogP) is -1.84. The second-order valence-corrected chi connectivity index (χ2v) is 3.81. The van der Waals surface area contributed by atoms with Gasteiger partial charge in [-0.15, -0.1) is 0 Å². The molecule has 7 nitrogen and oxygen atoms in total. The van der Waals surface area contributed by atoms with E-state index in [-0.39, 0.29) is 24.4 Å². The summed E-state index contributed by atoms with van der Waals surface area (Å²) in [6, 6.07) is -0.343. The van der Waals surface area contributed by atoms with Crippen molar-refractivity contribution in [2.45, 2.75) is 12.5 Å². The summed E-state index contributed by atoms with van der Waals surface area (Å²) < 4.78 is 0. The zero-order valence-corrected chi connectivity index (χ0v) is 9.32. The Morgan fingerprint density at radius 2 is 2.47 bits per heavy atom. The fourth-order valence-corrected chi connectivity index (χ4v) is 1.61. The Hall–Kier alpha value is -1.89. The molecule has 0 saturated carbocycles. The summed E-state index contributed by atoms with van der Waals surface area (Å²) in [5.41, 5.74) is 0.